The number of nitrogens with one attached hydrogen (secondary N) is 2. The molecular formula is C37H40N4O9. The zero-order valence-corrected chi connectivity index (χ0v) is 28.4. The van der Waals surface area contributed by atoms with Gasteiger partial charge in [0.05, 0.1) is 32.6 Å². The van der Waals surface area contributed by atoms with Crippen LogP contribution >= 0.6 is 0 Å². The first kappa shape index (κ1) is 35.6. The lowest BCUT2D eigenvalue weighted by atomic mass is 9.93. The lowest BCUT2D eigenvalue weighted by molar-refractivity contribution is -0.142. The van der Waals surface area contributed by atoms with Crippen LogP contribution < -0.4 is 24.8 Å². The summed E-state index contributed by atoms with van der Waals surface area (Å²) >= 11 is 0. The van der Waals surface area contributed by atoms with E-state index in [1.165, 1.54) is 0 Å². The Kier molecular flexibility index (Phi) is 11.9. The molecule has 262 valence electrons. The highest BCUT2D eigenvalue weighted by molar-refractivity contribution is 6.07. The number of ether oxygens (including phenoxy) is 5. The summed E-state index contributed by atoms with van der Waals surface area (Å²) < 4.78 is 33.5. The van der Waals surface area contributed by atoms with Crippen LogP contribution in [-0.4, -0.2) is 67.4 Å². The number of urea groups is 1. The topological polar surface area (TPSA) is 164 Å². The van der Waals surface area contributed by atoms with Gasteiger partial charge in [-0.15, -0.1) is 0 Å². The van der Waals surface area contributed by atoms with Gasteiger partial charge in [-0.05, 0) is 35.9 Å². The number of hydrogen-bond donors (Lipinski definition) is 3. The van der Waals surface area contributed by atoms with Crippen molar-refractivity contribution in [1.29, 1.82) is 0 Å². The molecule has 0 saturated heterocycles. The molecule has 2 amide bonds. The van der Waals surface area contributed by atoms with Crippen molar-refractivity contribution in [3.8, 4) is 23.0 Å². The van der Waals surface area contributed by atoms with Crippen LogP contribution in [0.25, 0.3) is 10.8 Å². The summed E-state index contributed by atoms with van der Waals surface area (Å²) in [7, 11) is 1.59. The molecule has 2 aromatic heterocycles. The number of methoxy groups -OCH3 is 1. The Hall–Kier alpha value is -5.66. The predicted molar refractivity (Wildman–Crippen MR) is 187 cm³/mol. The van der Waals surface area contributed by atoms with E-state index in [1.807, 2.05) is 69.3 Å². The number of carboxylic acids is 1. The minimum Gasteiger partial charge on any atom is -0.497 e. The highest BCUT2D eigenvalue weighted by Crippen LogP contribution is 2.35. The molecule has 3 N–H and O–H groups in total. The van der Waals surface area contributed by atoms with Gasteiger partial charge in [0.1, 0.15) is 42.0 Å². The molecule has 0 saturated carbocycles. The van der Waals surface area contributed by atoms with Gasteiger partial charge in [-0.25, -0.2) is 9.59 Å². The summed E-state index contributed by atoms with van der Waals surface area (Å²) in [5.41, 5.74) is 2.06. The van der Waals surface area contributed by atoms with Gasteiger partial charge in [0.15, 0.2) is 5.82 Å². The van der Waals surface area contributed by atoms with Crippen LogP contribution in [0.3, 0.4) is 0 Å². The second-order valence-electron chi connectivity index (χ2n) is 12.2. The largest absolute Gasteiger partial charge is 0.497 e. The molecule has 50 heavy (non-hydrogen) atoms. The van der Waals surface area contributed by atoms with Crippen LogP contribution in [0.5, 0.6) is 23.0 Å². The summed E-state index contributed by atoms with van der Waals surface area (Å²) in [6, 6.07) is 21.8. The zero-order chi connectivity index (χ0) is 35.5. The predicted octanol–water partition coefficient (Wildman–Crippen LogP) is 7.05. The quantitative estimate of drug-likeness (QED) is 0.0913. The first-order valence-electron chi connectivity index (χ1n) is 15.9. The van der Waals surface area contributed by atoms with Gasteiger partial charge in [0, 0.05) is 52.7 Å². The minimum absolute atomic E-state index is 0.188. The maximum Gasteiger partial charge on any atom is 0.329 e. The monoisotopic (exact) mass is 684 g/mol. The van der Waals surface area contributed by atoms with E-state index in [4.69, 9.17) is 33.3 Å². The van der Waals surface area contributed by atoms with E-state index in [-0.39, 0.29) is 25.2 Å². The number of carboxylic acid groups (broad SMARTS) is 1. The fourth-order valence-corrected chi connectivity index (χ4v) is 4.91. The second-order valence-corrected chi connectivity index (χ2v) is 12.2. The first-order valence-corrected chi connectivity index (χ1v) is 15.9. The maximum absolute atomic E-state index is 12.9. The number of nitrogens with zero attached hydrogens (tertiary/aromatic N) is 2. The minimum atomic E-state index is -1.02. The molecule has 13 nitrogen and oxygen atoms in total. The summed E-state index contributed by atoms with van der Waals surface area (Å²) in [4.78, 5) is 27.9. The third-order valence-corrected chi connectivity index (χ3v) is 7.29. The summed E-state index contributed by atoms with van der Waals surface area (Å²) in [5, 5.41) is 19.8. The van der Waals surface area contributed by atoms with Crippen LogP contribution in [0, 0.1) is 0 Å². The van der Waals surface area contributed by atoms with Crippen molar-refractivity contribution in [2.45, 2.75) is 32.6 Å². The van der Waals surface area contributed by atoms with Gasteiger partial charge >= 0.3 is 12.0 Å². The number of pyridine rings is 1. The Bertz CT molecular complexity index is 1920. The van der Waals surface area contributed by atoms with Gasteiger partial charge < -0.3 is 38.6 Å². The van der Waals surface area contributed by atoms with Crippen LogP contribution in [0.15, 0.2) is 83.5 Å². The van der Waals surface area contributed by atoms with Gasteiger partial charge in [-0.2, -0.15) is 0 Å². The molecule has 5 rings (SSSR count). The standard InChI is InChI=1S/C37H40N4O9/c1-37(2,3)33-22-34(41-50-33)40-36(44)39-31-9-10-32(30-8-6-5-7-29(30)31)49-26-11-12-38-25(20-26)17-24-18-27(45-4)21-28(19-24)48-16-15-46-13-14-47-23-35(42)43/h5-12,18-22H,13-17,23H2,1-4H3,(H,42,43)(H2,39,40,41,44). The number of benzene rings is 3. The lowest BCUT2D eigenvalue weighted by Crippen LogP contribution is -2.19. The molecule has 3 aromatic carbocycles. The van der Waals surface area contributed by atoms with Gasteiger partial charge in [-0.3, -0.25) is 10.3 Å². The smallest absolute Gasteiger partial charge is 0.329 e. The van der Waals surface area contributed by atoms with Crippen molar-refractivity contribution in [2.75, 3.05) is 50.8 Å². The van der Waals surface area contributed by atoms with Crippen molar-refractivity contribution in [3.05, 3.63) is 96.0 Å². The lowest BCUT2D eigenvalue weighted by Gasteiger charge is -2.14. The normalized spacial score (nSPS) is 11.3. The van der Waals surface area contributed by atoms with E-state index in [0.717, 1.165) is 22.0 Å². The molecule has 0 radical (unpaired) electrons. The Balaban J connectivity index is 1.22. The molecule has 13 heteroatoms. The molecule has 0 aliphatic carbocycles. The molecule has 0 aliphatic heterocycles. The summed E-state index contributed by atoms with van der Waals surface area (Å²) in [6.07, 6.45) is 2.18. The molecule has 0 unspecified atom stereocenters. The van der Waals surface area contributed by atoms with Crippen LogP contribution in [0.1, 0.15) is 37.8 Å². The Morgan fingerprint density at radius 1 is 0.840 bits per heavy atom. The van der Waals surface area contributed by atoms with Crippen LogP contribution in [0.4, 0.5) is 16.3 Å². The number of fused-ring (bicyclic) bond motifs is 1. The van der Waals surface area contributed by atoms with E-state index < -0.39 is 12.0 Å². The van der Waals surface area contributed by atoms with Crippen molar-refractivity contribution in [2.24, 2.45) is 0 Å². The number of anilines is 2. The van der Waals surface area contributed by atoms with E-state index >= 15 is 0 Å². The zero-order valence-electron chi connectivity index (χ0n) is 28.4. The number of hydrogen-bond acceptors (Lipinski definition) is 10. The SMILES string of the molecule is COc1cc(Cc2cc(Oc3ccc(NC(=O)Nc4cc(C(C)(C)C)on4)c4ccccc34)ccn2)cc(OCCOCCOCC(=O)O)c1. The van der Waals surface area contributed by atoms with Gasteiger partial charge in [-0.1, -0.05) is 50.2 Å². The van der Waals surface area contributed by atoms with E-state index in [9.17, 15) is 9.59 Å². The average molecular weight is 685 g/mol. The second kappa shape index (κ2) is 16.6. The highest BCUT2D eigenvalue weighted by Gasteiger charge is 2.20. The van der Waals surface area contributed by atoms with Crippen LogP contribution in [-0.2, 0) is 26.1 Å². The van der Waals surface area contributed by atoms with Crippen molar-refractivity contribution >= 4 is 34.3 Å². The average Bonchev–Trinajstić information content (AvgIpc) is 3.56. The van der Waals surface area contributed by atoms with Gasteiger partial charge in [0.2, 0.25) is 0 Å². The maximum atomic E-state index is 12.9. The van der Waals surface area contributed by atoms with Crippen molar-refractivity contribution in [3.63, 3.8) is 0 Å². The van der Waals surface area contributed by atoms with Crippen molar-refractivity contribution in [1.82, 2.24) is 10.1 Å². The summed E-state index contributed by atoms with van der Waals surface area (Å²) in [5.74, 6) is 2.43. The van der Waals surface area contributed by atoms with E-state index in [2.05, 4.69) is 20.8 Å². The first-order chi connectivity index (χ1) is 24.1. The third kappa shape index (κ3) is 10.2. The van der Waals surface area contributed by atoms with Gasteiger partial charge in [0.25, 0.3) is 0 Å². The molecule has 0 aliphatic rings. The van der Waals surface area contributed by atoms with E-state index in [1.54, 1.807) is 37.6 Å². The molecule has 0 spiro atoms. The number of aromatic nitrogens is 2. The number of carbonyl (C=O) groups excluding carboxylic acids is 1. The highest BCUT2D eigenvalue weighted by atomic mass is 16.5. The third-order valence-electron chi connectivity index (χ3n) is 7.29. The Morgan fingerprint density at radius 2 is 1.60 bits per heavy atom. The number of aliphatic carboxylic acids is 1. The number of amides is 2. The van der Waals surface area contributed by atoms with E-state index in [0.29, 0.717) is 59.9 Å². The fraction of sp³-hybridized carbons (Fsp3) is 0.297. The van der Waals surface area contributed by atoms with Crippen molar-refractivity contribution < 1.29 is 42.9 Å². The Labute approximate surface area is 289 Å². The Morgan fingerprint density at radius 3 is 2.36 bits per heavy atom. The molecule has 0 fully saturated rings. The molecule has 5 aromatic rings. The molecular weight excluding hydrogens is 644 g/mol. The summed E-state index contributed by atoms with van der Waals surface area (Å²) in [6.45, 7) is 6.70. The van der Waals surface area contributed by atoms with Crippen LogP contribution in [0.2, 0.25) is 0 Å². The molecule has 0 atom stereocenters. The number of carbonyl (C=O) groups is 2. The number of rotatable bonds is 16. The molecule has 0 bridgehead atoms. The fourth-order valence-electron chi connectivity index (χ4n) is 4.91. The molecule has 2 heterocycles.